The molecule has 0 atom stereocenters. The fourth-order valence-corrected chi connectivity index (χ4v) is 2.65. The molecule has 0 aromatic heterocycles. The van der Waals surface area contributed by atoms with Crippen LogP contribution in [0.4, 0.5) is 0 Å². The largest absolute Gasteiger partial charge is 0.455 e. The highest BCUT2D eigenvalue weighted by atomic mass is 32.2. The minimum absolute atomic E-state index is 0.0350. The minimum Gasteiger partial charge on any atom is -0.455 e. The van der Waals surface area contributed by atoms with Gasteiger partial charge in [-0.2, -0.15) is 0 Å². The van der Waals surface area contributed by atoms with Crippen LogP contribution in [0.2, 0.25) is 0 Å². The van der Waals surface area contributed by atoms with Gasteiger partial charge in [0.15, 0.2) is 6.61 Å². The Bertz CT molecular complexity index is 682. The Hall–Kier alpha value is -2.19. The Morgan fingerprint density at radius 2 is 1.80 bits per heavy atom. The molecule has 138 valence electrons. The second kappa shape index (κ2) is 10.6. The molecular formula is C17H24N2O5S. The van der Waals surface area contributed by atoms with E-state index in [9.17, 15) is 18.0 Å². The monoisotopic (exact) mass is 368 g/mol. The highest BCUT2D eigenvalue weighted by Crippen LogP contribution is 2.02. The molecule has 2 N–H and O–H groups in total. The van der Waals surface area contributed by atoms with Crippen molar-refractivity contribution in [2.75, 3.05) is 13.2 Å². The molecule has 0 aliphatic rings. The number of esters is 1. The molecule has 1 aromatic rings. The zero-order chi connectivity index (χ0) is 18.7. The number of ether oxygens (including phenoxy) is 1. The van der Waals surface area contributed by atoms with Gasteiger partial charge in [0.05, 0.1) is 0 Å². The van der Waals surface area contributed by atoms with Crippen LogP contribution in [-0.2, 0) is 24.3 Å². The normalized spacial score (nSPS) is 11.6. The van der Waals surface area contributed by atoms with Crippen LogP contribution in [0.3, 0.4) is 0 Å². The van der Waals surface area contributed by atoms with E-state index in [4.69, 9.17) is 4.74 Å². The molecule has 0 fully saturated rings. The highest BCUT2D eigenvalue weighted by Gasteiger charge is 2.13. The van der Waals surface area contributed by atoms with Crippen LogP contribution in [0.25, 0.3) is 6.08 Å². The van der Waals surface area contributed by atoms with Crippen molar-refractivity contribution in [3.8, 4) is 0 Å². The molecule has 0 saturated carbocycles. The number of hydrogen-bond donors (Lipinski definition) is 2. The molecule has 0 aliphatic heterocycles. The molecule has 0 spiro atoms. The van der Waals surface area contributed by atoms with Crippen LogP contribution in [0.15, 0.2) is 35.7 Å². The second-order valence-electron chi connectivity index (χ2n) is 5.32. The van der Waals surface area contributed by atoms with E-state index in [1.165, 1.54) is 6.08 Å². The summed E-state index contributed by atoms with van der Waals surface area (Å²) in [6.45, 7) is 2.91. The van der Waals surface area contributed by atoms with E-state index >= 15 is 0 Å². The van der Waals surface area contributed by atoms with Gasteiger partial charge < -0.3 is 10.1 Å². The number of rotatable bonds is 10. The van der Waals surface area contributed by atoms with Gasteiger partial charge in [0.2, 0.25) is 10.0 Å². The third-order valence-electron chi connectivity index (χ3n) is 3.37. The Morgan fingerprint density at radius 1 is 1.16 bits per heavy atom. The first-order valence-electron chi connectivity index (χ1n) is 8.04. The average Bonchev–Trinajstić information content (AvgIpc) is 2.62. The number of nitrogens with one attached hydrogen (secondary N) is 2. The summed E-state index contributed by atoms with van der Waals surface area (Å²) < 4.78 is 30.4. The minimum atomic E-state index is -3.77. The van der Waals surface area contributed by atoms with E-state index in [0.717, 1.165) is 18.2 Å². The molecule has 7 nitrogen and oxygen atoms in total. The zero-order valence-electron chi connectivity index (χ0n) is 14.4. The third kappa shape index (κ3) is 9.02. The van der Waals surface area contributed by atoms with Gasteiger partial charge in [0.25, 0.3) is 5.91 Å². The van der Waals surface area contributed by atoms with E-state index in [1.807, 2.05) is 19.9 Å². The SMILES string of the molecule is CCC(CC)NC(=O)COC(=O)CNS(=O)(=O)/C=C/c1ccccc1. The summed E-state index contributed by atoms with van der Waals surface area (Å²) >= 11 is 0. The number of amides is 1. The maximum Gasteiger partial charge on any atom is 0.321 e. The van der Waals surface area contributed by atoms with Crippen molar-refractivity contribution in [2.24, 2.45) is 0 Å². The van der Waals surface area contributed by atoms with Crippen molar-refractivity contribution in [3.05, 3.63) is 41.3 Å². The van der Waals surface area contributed by atoms with E-state index in [0.29, 0.717) is 5.56 Å². The second-order valence-corrected chi connectivity index (χ2v) is 6.97. The van der Waals surface area contributed by atoms with Crippen molar-refractivity contribution in [2.45, 2.75) is 32.7 Å². The summed E-state index contributed by atoms with van der Waals surface area (Å²) in [6, 6.07) is 8.91. The van der Waals surface area contributed by atoms with Crippen LogP contribution in [0.5, 0.6) is 0 Å². The van der Waals surface area contributed by atoms with Gasteiger partial charge in [0, 0.05) is 11.4 Å². The first-order chi connectivity index (χ1) is 11.9. The Balaban J connectivity index is 2.37. The van der Waals surface area contributed by atoms with E-state index in [2.05, 4.69) is 10.0 Å². The van der Waals surface area contributed by atoms with Gasteiger partial charge >= 0.3 is 5.97 Å². The van der Waals surface area contributed by atoms with Gasteiger partial charge in [-0.3, -0.25) is 9.59 Å². The van der Waals surface area contributed by atoms with E-state index in [-0.39, 0.29) is 6.04 Å². The smallest absolute Gasteiger partial charge is 0.321 e. The van der Waals surface area contributed by atoms with Gasteiger partial charge in [-0.1, -0.05) is 44.2 Å². The van der Waals surface area contributed by atoms with Crippen molar-refractivity contribution >= 4 is 28.0 Å². The van der Waals surface area contributed by atoms with Crippen LogP contribution in [0.1, 0.15) is 32.3 Å². The first-order valence-corrected chi connectivity index (χ1v) is 9.58. The predicted molar refractivity (Wildman–Crippen MR) is 95.9 cm³/mol. The van der Waals surface area contributed by atoms with Crippen LogP contribution < -0.4 is 10.0 Å². The lowest BCUT2D eigenvalue weighted by molar-refractivity contribution is -0.147. The lowest BCUT2D eigenvalue weighted by Gasteiger charge is -2.14. The molecule has 25 heavy (non-hydrogen) atoms. The summed E-state index contributed by atoms with van der Waals surface area (Å²) in [6.07, 6.45) is 2.98. The molecule has 1 rings (SSSR count). The fourth-order valence-electron chi connectivity index (χ4n) is 1.90. The Labute approximate surface area is 148 Å². The van der Waals surface area contributed by atoms with E-state index < -0.39 is 35.1 Å². The van der Waals surface area contributed by atoms with Crippen molar-refractivity contribution in [1.29, 1.82) is 0 Å². The number of sulfonamides is 1. The first kappa shape index (κ1) is 20.9. The third-order valence-corrected chi connectivity index (χ3v) is 4.41. The van der Waals surface area contributed by atoms with Crippen LogP contribution >= 0.6 is 0 Å². The van der Waals surface area contributed by atoms with Gasteiger partial charge in [0.1, 0.15) is 6.54 Å². The number of benzene rings is 1. The summed E-state index contributed by atoms with van der Waals surface area (Å²) in [5, 5.41) is 3.68. The highest BCUT2D eigenvalue weighted by molar-refractivity contribution is 7.92. The van der Waals surface area contributed by atoms with Gasteiger partial charge in [-0.05, 0) is 24.5 Å². The molecule has 0 unspecified atom stereocenters. The average molecular weight is 368 g/mol. The molecule has 8 heteroatoms. The summed E-state index contributed by atoms with van der Waals surface area (Å²) in [5.74, 6) is -1.23. The van der Waals surface area contributed by atoms with Crippen molar-refractivity contribution in [1.82, 2.24) is 10.0 Å². The molecule has 0 radical (unpaired) electrons. The summed E-state index contributed by atoms with van der Waals surface area (Å²) in [4.78, 5) is 23.1. The summed E-state index contributed by atoms with van der Waals surface area (Å²) in [5.41, 5.74) is 0.716. The zero-order valence-corrected chi connectivity index (χ0v) is 15.2. The topological polar surface area (TPSA) is 102 Å². The molecule has 0 saturated heterocycles. The standard InChI is InChI=1S/C17H24N2O5S/c1-3-15(4-2)19-16(20)13-24-17(21)12-18-25(22,23)11-10-14-8-6-5-7-9-14/h5-11,15,18H,3-4,12-13H2,1-2H3,(H,19,20)/b11-10+. The fraction of sp³-hybridized carbons (Fsp3) is 0.412. The predicted octanol–water partition coefficient (Wildman–Crippen LogP) is 1.42. The molecule has 0 bridgehead atoms. The Kier molecular flexibility index (Phi) is 8.87. The molecule has 1 aromatic carbocycles. The van der Waals surface area contributed by atoms with Crippen molar-refractivity contribution < 1.29 is 22.7 Å². The number of hydrogen-bond acceptors (Lipinski definition) is 5. The molecular weight excluding hydrogens is 344 g/mol. The molecule has 0 heterocycles. The Morgan fingerprint density at radius 3 is 2.40 bits per heavy atom. The number of carbonyl (C=O) groups is 2. The summed E-state index contributed by atoms with van der Waals surface area (Å²) in [7, 11) is -3.77. The van der Waals surface area contributed by atoms with Crippen LogP contribution in [-0.4, -0.2) is 39.5 Å². The maximum absolute atomic E-state index is 11.8. The molecule has 1 amide bonds. The van der Waals surface area contributed by atoms with E-state index in [1.54, 1.807) is 24.3 Å². The number of carbonyl (C=O) groups excluding carboxylic acids is 2. The lowest BCUT2D eigenvalue weighted by Crippen LogP contribution is -2.38. The quantitative estimate of drug-likeness (QED) is 0.608. The van der Waals surface area contributed by atoms with Crippen LogP contribution in [0, 0.1) is 0 Å². The van der Waals surface area contributed by atoms with Gasteiger partial charge in [-0.15, -0.1) is 0 Å². The lowest BCUT2D eigenvalue weighted by atomic mass is 10.2. The molecule has 0 aliphatic carbocycles. The van der Waals surface area contributed by atoms with Crippen molar-refractivity contribution in [3.63, 3.8) is 0 Å². The van der Waals surface area contributed by atoms with Gasteiger partial charge in [-0.25, -0.2) is 13.1 Å². The maximum atomic E-state index is 11.8.